The Bertz CT molecular complexity index is 941. The molecule has 1 aliphatic heterocycles. The number of hydrogen-bond donors (Lipinski definition) is 1. The van der Waals surface area contributed by atoms with Gasteiger partial charge in [0.1, 0.15) is 21.8 Å². The molecule has 0 radical (unpaired) electrons. The zero-order valence-corrected chi connectivity index (χ0v) is 17.6. The molecule has 2 aromatic carbocycles. The van der Waals surface area contributed by atoms with E-state index in [0.717, 1.165) is 11.3 Å². The monoisotopic (exact) mass is 413 g/mol. The number of anilines is 2. The molecule has 1 atom stereocenters. The molecule has 0 saturated carbocycles. The van der Waals surface area contributed by atoms with Crippen molar-refractivity contribution < 1.29 is 19.1 Å². The summed E-state index contributed by atoms with van der Waals surface area (Å²) in [5.41, 5.74) is 2.42. The molecule has 29 heavy (non-hydrogen) atoms. The van der Waals surface area contributed by atoms with Crippen molar-refractivity contribution in [2.75, 3.05) is 38.5 Å². The lowest BCUT2D eigenvalue weighted by Crippen LogP contribution is -2.21. The highest BCUT2D eigenvalue weighted by atomic mass is 32.2. The second-order valence-corrected chi connectivity index (χ2v) is 7.81. The highest BCUT2D eigenvalue weighted by molar-refractivity contribution is 8.16. The van der Waals surface area contributed by atoms with Crippen molar-refractivity contribution in [2.45, 2.75) is 11.7 Å². The van der Waals surface area contributed by atoms with Crippen molar-refractivity contribution in [3.8, 4) is 11.5 Å². The number of nitrogens with one attached hydrogen (secondary N) is 1. The molecule has 2 aromatic rings. The largest absolute Gasteiger partial charge is 0.497 e. The van der Waals surface area contributed by atoms with Crippen LogP contribution >= 0.6 is 11.8 Å². The van der Waals surface area contributed by atoms with Gasteiger partial charge in [-0.3, -0.25) is 9.59 Å². The van der Waals surface area contributed by atoms with Gasteiger partial charge in [-0.1, -0.05) is 23.9 Å². The SMILES string of the molecule is COc1ccc(OC)c(NC(=O)C[C@@H]2SC(c3ccc(N(C)C)cc3)=NC2=O)c1. The van der Waals surface area contributed by atoms with E-state index in [0.29, 0.717) is 22.2 Å². The lowest BCUT2D eigenvalue weighted by atomic mass is 10.2. The maximum absolute atomic E-state index is 12.5. The van der Waals surface area contributed by atoms with Crippen LogP contribution in [-0.4, -0.2) is 50.4 Å². The lowest BCUT2D eigenvalue weighted by molar-refractivity contribution is -0.121. The van der Waals surface area contributed by atoms with Crippen LogP contribution in [0.3, 0.4) is 0 Å². The Kier molecular flexibility index (Phi) is 6.43. The minimum absolute atomic E-state index is 0.0205. The number of ether oxygens (including phenoxy) is 2. The Morgan fingerprint density at radius 3 is 2.48 bits per heavy atom. The van der Waals surface area contributed by atoms with E-state index >= 15 is 0 Å². The van der Waals surface area contributed by atoms with Crippen molar-refractivity contribution >= 4 is 40.0 Å². The molecule has 0 unspecified atom stereocenters. The van der Waals surface area contributed by atoms with Gasteiger partial charge < -0.3 is 19.7 Å². The molecule has 7 nitrogen and oxygen atoms in total. The van der Waals surface area contributed by atoms with Gasteiger partial charge in [0.25, 0.3) is 5.91 Å². The van der Waals surface area contributed by atoms with Gasteiger partial charge in [-0.2, -0.15) is 0 Å². The van der Waals surface area contributed by atoms with Crippen LogP contribution in [0.25, 0.3) is 0 Å². The minimum atomic E-state index is -0.546. The van der Waals surface area contributed by atoms with Gasteiger partial charge in [-0.05, 0) is 24.3 Å². The summed E-state index contributed by atoms with van der Waals surface area (Å²) in [4.78, 5) is 31.0. The number of nitrogens with zero attached hydrogens (tertiary/aromatic N) is 2. The molecule has 1 N–H and O–H groups in total. The molecular weight excluding hydrogens is 390 g/mol. The third-order valence-corrected chi connectivity index (χ3v) is 5.63. The Hall–Kier alpha value is -3.00. The van der Waals surface area contributed by atoms with E-state index in [-0.39, 0.29) is 18.2 Å². The molecule has 152 valence electrons. The number of methoxy groups -OCH3 is 2. The molecule has 0 spiro atoms. The fourth-order valence-corrected chi connectivity index (χ4v) is 3.90. The highest BCUT2D eigenvalue weighted by Gasteiger charge is 2.31. The van der Waals surface area contributed by atoms with Gasteiger partial charge in [0.15, 0.2) is 0 Å². The standard InChI is InChI=1S/C21H23N3O4S/c1-24(2)14-7-5-13(6-8-14)21-23-20(26)18(29-21)12-19(25)22-16-11-15(27-3)9-10-17(16)28-4/h5-11,18H,12H2,1-4H3,(H,22,25)/t18-/m0/s1. The van der Waals surface area contributed by atoms with E-state index in [1.807, 2.05) is 43.3 Å². The molecule has 0 bridgehead atoms. The van der Waals surface area contributed by atoms with Gasteiger partial charge in [-0.25, -0.2) is 4.99 Å². The smallest absolute Gasteiger partial charge is 0.260 e. The summed E-state index contributed by atoms with van der Waals surface area (Å²) in [6.07, 6.45) is 0.0205. The van der Waals surface area contributed by atoms with Crippen LogP contribution < -0.4 is 19.7 Å². The molecular formula is C21H23N3O4S. The molecule has 1 heterocycles. The number of aliphatic imine (C=N–C) groups is 1. The number of amides is 2. The lowest BCUT2D eigenvalue weighted by Gasteiger charge is -2.13. The normalized spacial score (nSPS) is 15.7. The predicted octanol–water partition coefficient (Wildman–Crippen LogP) is 3.19. The van der Waals surface area contributed by atoms with Crippen molar-refractivity contribution in [1.29, 1.82) is 0 Å². The summed E-state index contributed by atoms with van der Waals surface area (Å²) in [6.45, 7) is 0. The van der Waals surface area contributed by atoms with Crippen molar-refractivity contribution in [3.63, 3.8) is 0 Å². The Balaban J connectivity index is 1.64. The van der Waals surface area contributed by atoms with Gasteiger partial charge >= 0.3 is 0 Å². The summed E-state index contributed by atoms with van der Waals surface area (Å²) in [5.74, 6) is 0.526. The molecule has 0 fully saturated rings. The Morgan fingerprint density at radius 2 is 1.86 bits per heavy atom. The first-order valence-electron chi connectivity index (χ1n) is 9.00. The van der Waals surface area contributed by atoms with E-state index in [1.54, 1.807) is 25.3 Å². The Labute approximate surface area is 174 Å². The third kappa shape index (κ3) is 4.89. The summed E-state index contributed by atoms with van der Waals surface area (Å²) in [6, 6.07) is 12.9. The van der Waals surface area contributed by atoms with Crippen LogP contribution in [0.1, 0.15) is 12.0 Å². The first-order chi connectivity index (χ1) is 13.9. The fraction of sp³-hybridized carbons (Fsp3) is 0.286. The number of carbonyl (C=O) groups is 2. The summed E-state index contributed by atoms with van der Waals surface area (Å²) in [7, 11) is 7.00. The molecule has 1 aliphatic rings. The van der Waals surface area contributed by atoms with Gasteiger partial charge in [0.05, 0.1) is 19.9 Å². The number of hydrogen-bond acceptors (Lipinski definition) is 6. The van der Waals surface area contributed by atoms with Crippen LogP contribution in [0.5, 0.6) is 11.5 Å². The van der Waals surface area contributed by atoms with Crippen molar-refractivity contribution in [1.82, 2.24) is 0 Å². The summed E-state index contributed by atoms with van der Waals surface area (Å²) >= 11 is 1.31. The first kappa shape index (κ1) is 20.7. The number of carbonyl (C=O) groups excluding carboxylic acids is 2. The topological polar surface area (TPSA) is 80.2 Å². The molecule has 2 amide bonds. The second kappa shape index (κ2) is 9.00. The van der Waals surface area contributed by atoms with E-state index in [2.05, 4.69) is 10.3 Å². The molecule has 0 saturated heterocycles. The fourth-order valence-electron chi connectivity index (χ4n) is 2.83. The van der Waals surface area contributed by atoms with Gasteiger partial charge in [0, 0.05) is 37.8 Å². The van der Waals surface area contributed by atoms with E-state index in [4.69, 9.17) is 9.47 Å². The average Bonchev–Trinajstić information content (AvgIpc) is 3.08. The van der Waals surface area contributed by atoms with Crippen molar-refractivity contribution in [2.24, 2.45) is 4.99 Å². The minimum Gasteiger partial charge on any atom is -0.497 e. The second-order valence-electron chi connectivity index (χ2n) is 6.62. The third-order valence-electron chi connectivity index (χ3n) is 4.42. The van der Waals surface area contributed by atoms with Crippen LogP contribution in [-0.2, 0) is 9.59 Å². The van der Waals surface area contributed by atoms with E-state index in [1.165, 1.54) is 18.9 Å². The number of rotatable bonds is 7. The van der Waals surface area contributed by atoms with E-state index in [9.17, 15) is 9.59 Å². The zero-order valence-electron chi connectivity index (χ0n) is 16.8. The maximum Gasteiger partial charge on any atom is 0.260 e. The van der Waals surface area contributed by atoms with Crippen LogP contribution in [0.15, 0.2) is 47.5 Å². The first-order valence-corrected chi connectivity index (χ1v) is 9.88. The van der Waals surface area contributed by atoms with E-state index < -0.39 is 5.25 Å². The maximum atomic E-state index is 12.5. The summed E-state index contributed by atoms with van der Waals surface area (Å²) in [5, 5.41) is 2.88. The average molecular weight is 413 g/mol. The van der Waals surface area contributed by atoms with Crippen LogP contribution in [0, 0.1) is 0 Å². The molecule has 0 aliphatic carbocycles. The molecule has 8 heteroatoms. The molecule has 3 rings (SSSR count). The number of thioether (sulfide) groups is 1. The summed E-state index contributed by atoms with van der Waals surface area (Å²) < 4.78 is 10.5. The molecule has 0 aromatic heterocycles. The van der Waals surface area contributed by atoms with Gasteiger partial charge in [0.2, 0.25) is 5.91 Å². The van der Waals surface area contributed by atoms with Crippen LogP contribution in [0.2, 0.25) is 0 Å². The quantitative estimate of drug-likeness (QED) is 0.751. The number of benzene rings is 2. The zero-order chi connectivity index (χ0) is 21.0. The van der Waals surface area contributed by atoms with Gasteiger partial charge in [-0.15, -0.1) is 0 Å². The predicted molar refractivity (Wildman–Crippen MR) is 116 cm³/mol. The Morgan fingerprint density at radius 1 is 1.14 bits per heavy atom. The van der Waals surface area contributed by atoms with Crippen molar-refractivity contribution in [3.05, 3.63) is 48.0 Å². The highest BCUT2D eigenvalue weighted by Crippen LogP contribution is 2.32. The van der Waals surface area contributed by atoms with Crippen LogP contribution in [0.4, 0.5) is 11.4 Å².